The van der Waals surface area contributed by atoms with Crippen LogP contribution in [0.1, 0.15) is 0 Å². The van der Waals surface area contributed by atoms with Gasteiger partial charge in [0.1, 0.15) is 0 Å². The molecule has 0 heterocycles. The molecule has 0 aromatic heterocycles. The van der Waals surface area contributed by atoms with Crippen LogP contribution in [0.3, 0.4) is 0 Å². The molecule has 9 heteroatoms. The average Bonchev–Trinajstić information content (AvgIpc) is 2.03. The van der Waals surface area contributed by atoms with Crippen LogP contribution in [0.15, 0.2) is 0 Å². The molecule has 0 N–H and O–H groups in total. The van der Waals surface area contributed by atoms with E-state index < -0.39 is 0 Å². The summed E-state index contributed by atoms with van der Waals surface area (Å²) in [6.45, 7) is 0. The molecule has 0 unspecified atom stereocenters. The van der Waals surface area contributed by atoms with Gasteiger partial charge in [0.25, 0.3) is 0 Å². The molecule has 0 spiro atoms. The van der Waals surface area contributed by atoms with E-state index in [2.05, 4.69) is 109 Å². The zero-order valence-electron chi connectivity index (χ0n) is 3.83. The normalized spacial score (nSPS) is 2.22. The summed E-state index contributed by atoms with van der Waals surface area (Å²) >= 11 is 19.0. The molecule has 0 saturated carbocycles. The van der Waals surface area contributed by atoms with Crippen molar-refractivity contribution in [2.24, 2.45) is 0 Å². The van der Waals surface area contributed by atoms with E-state index in [9.17, 15) is 0 Å². The van der Waals surface area contributed by atoms with Gasteiger partial charge in [-0.1, -0.05) is 0 Å². The minimum atomic E-state index is 0. The van der Waals surface area contributed by atoms with Crippen molar-refractivity contribution in [2.75, 3.05) is 0 Å². The Hall–Kier alpha value is 4.84. The van der Waals surface area contributed by atoms with Gasteiger partial charge in [-0.2, -0.15) is 0 Å². The molecule has 0 bridgehead atoms. The molecule has 0 radical (unpaired) electrons. The van der Waals surface area contributed by atoms with Crippen molar-refractivity contribution >= 4 is 109 Å². The van der Waals surface area contributed by atoms with Crippen LogP contribution in [-0.4, -0.2) is 109 Å². The Balaban J connectivity index is -0.00000000762. The van der Waals surface area contributed by atoms with Gasteiger partial charge in [0.05, 0.1) is 0 Å². The topological polar surface area (TPSA) is 0 Å². The van der Waals surface area contributed by atoms with Crippen LogP contribution in [-0.2, 0) is 21.1 Å². The van der Waals surface area contributed by atoms with E-state index in [1.807, 2.05) is 0 Å². The summed E-state index contributed by atoms with van der Waals surface area (Å²) in [5, 5.41) is 0. The Labute approximate surface area is 127 Å². The summed E-state index contributed by atoms with van der Waals surface area (Å²) in [6.07, 6.45) is 0. The van der Waals surface area contributed by atoms with Gasteiger partial charge in [0, 0.05) is 0 Å². The fraction of sp³-hybridized carbons (Fsp3) is 0. The molecule has 0 aromatic carbocycles. The summed E-state index contributed by atoms with van der Waals surface area (Å²) in [6, 6.07) is 0. The van der Waals surface area contributed by atoms with Crippen LogP contribution < -0.4 is 0 Å². The van der Waals surface area contributed by atoms with E-state index in [4.69, 9.17) is 0 Å². The van der Waals surface area contributed by atoms with E-state index in [0.717, 1.165) is 0 Å². The van der Waals surface area contributed by atoms with Crippen molar-refractivity contribution in [1.82, 2.24) is 0 Å². The Morgan fingerprint density at radius 3 is 0.444 bits per heavy atom. The standard InChI is InChI=1S/Mo.4HSe2/c;4*1-2/h;4*1H/q+4;4*-1. The fourth-order valence-electron chi connectivity index (χ4n) is 0. The summed E-state index contributed by atoms with van der Waals surface area (Å²) in [5.74, 6) is 0. The molecule has 58 valence electrons. The molecule has 0 fully saturated rings. The zero-order valence-corrected chi connectivity index (χ0v) is 20.2. The fourth-order valence-corrected chi connectivity index (χ4v) is 0. The molecular formula is H4MoSe8. The SMILES string of the molecule is [Mo+4].[Se]=[SeH-].[Se]=[SeH-].[Se]=[SeH-].[Se]=[SeH-]. The van der Waals surface area contributed by atoms with E-state index in [1.165, 1.54) is 0 Å². The van der Waals surface area contributed by atoms with Gasteiger partial charge in [0.2, 0.25) is 0 Å². The van der Waals surface area contributed by atoms with Crippen LogP contribution in [0.2, 0.25) is 0 Å². The van der Waals surface area contributed by atoms with Crippen LogP contribution in [0.5, 0.6) is 0 Å². The Kier molecular flexibility index (Phi) is 249. The first-order valence-electron chi connectivity index (χ1n) is 0.730. The van der Waals surface area contributed by atoms with Gasteiger partial charge in [-0.25, -0.2) is 0 Å². The number of hydrogen-bond acceptors (Lipinski definition) is 0. The molecule has 0 aliphatic carbocycles. The number of hydrogen-bond donors (Lipinski definition) is 0. The number of rotatable bonds is 0. The molecule has 0 saturated heterocycles. The first-order chi connectivity index (χ1) is 4.00. The van der Waals surface area contributed by atoms with Crippen molar-refractivity contribution in [1.29, 1.82) is 0 Å². The molecule has 0 aliphatic heterocycles. The van der Waals surface area contributed by atoms with Crippen molar-refractivity contribution in [3.05, 3.63) is 0 Å². The van der Waals surface area contributed by atoms with Crippen molar-refractivity contribution < 1.29 is 21.1 Å². The third kappa shape index (κ3) is 64.4. The van der Waals surface area contributed by atoms with Gasteiger partial charge in [-0.05, 0) is 0 Å². The monoisotopic (exact) mass is 741 g/mol. The van der Waals surface area contributed by atoms with Gasteiger partial charge in [-0.3, -0.25) is 0 Å². The Bertz CT molecular complexity index is 12.5. The third-order valence-electron chi connectivity index (χ3n) is 0. The second-order valence-corrected chi connectivity index (χ2v) is 0. The first-order valence-corrected chi connectivity index (χ1v) is 19.7. The van der Waals surface area contributed by atoms with Gasteiger partial charge < -0.3 is 0 Å². The Morgan fingerprint density at radius 1 is 0.444 bits per heavy atom. The maximum absolute atomic E-state index is 2.56. The first kappa shape index (κ1) is 29.2. The quantitative estimate of drug-likeness (QED) is 0.223. The minimum absolute atomic E-state index is 0. The summed E-state index contributed by atoms with van der Waals surface area (Å²) in [4.78, 5) is 0. The predicted octanol–water partition coefficient (Wildman–Crippen LogP) is -4.12. The molecule has 0 atom stereocenters. The van der Waals surface area contributed by atoms with Crippen molar-refractivity contribution in [2.45, 2.75) is 0 Å². The third-order valence-corrected chi connectivity index (χ3v) is 0. The average molecular weight is 732 g/mol. The predicted molar refractivity (Wildman–Crippen MR) is 51.6 cm³/mol. The van der Waals surface area contributed by atoms with Crippen LogP contribution >= 0.6 is 0 Å². The van der Waals surface area contributed by atoms with Gasteiger partial charge in [-0.15, -0.1) is 0 Å². The van der Waals surface area contributed by atoms with Crippen LogP contribution in [0.4, 0.5) is 0 Å². The molecule has 0 amide bonds. The summed E-state index contributed by atoms with van der Waals surface area (Å²) in [5.41, 5.74) is 0. The van der Waals surface area contributed by atoms with Crippen LogP contribution in [0, 0.1) is 0 Å². The summed E-state index contributed by atoms with van der Waals surface area (Å²) < 4.78 is 0. The van der Waals surface area contributed by atoms with Crippen molar-refractivity contribution in [3.8, 4) is 0 Å². The van der Waals surface area contributed by atoms with E-state index in [1.54, 1.807) is 0 Å². The van der Waals surface area contributed by atoms with Crippen molar-refractivity contribution in [3.63, 3.8) is 0 Å². The molecular weight excluding hydrogens is 728 g/mol. The molecule has 0 aromatic rings. The molecule has 0 aliphatic rings. The second kappa shape index (κ2) is 76.8. The van der Waals surface area contributed by atoms with E-state index in [-0.39, 0.29) is 21.1 Å². The second-order valence-electron chi connectivity index (χ2n) is 0. The van der Waals surface area contributed by atoms with E-state index in [0.29, 0.717) is 0 Å². The maximum atomic E-state index is 2.56. The molecule has 0 nitrogen and oxygen atoms in total. The van der Waals surface area contributed by atoms with E-state index >= 15 is 0 Å². The summed E-state index contributed by atoms with van der Waals surface area (Å²) in [7, 11) is 0. The van der Waals surface area contributed by atoms with Gasteiger partial charge in [0.15, 0.2) is 0 Å². The molecule has 9 heavy (non-hydrogen) atoms. The zero-order chi connectivity index (χ0) is 8.00. The Morgan fingerprint density at radius 2 is 0.444 bits per heavy atom. The van der Waals surface area contributed by atoms with Gasteiger partial charge >= 0.3 is 130 Å². The molecule has 0 rings (SSSR count). The van der Waals surface area contributed by atoms with Crippen LogP contribution in [0.25, 0.3) is 0 Å².